The van der Waals surface area contributed by atoms with E-state index in [1.807, 2.05) is 11.4 Å². The highest BCUT2D eigenvalue weighted by molar-refractivity contribution is 8.01. The Morgan fingerprint density at radius 1 is 1.69 bits per heavy atom. The summed E-state index contributed by atoms with van der Waals surface area (Å²) in [6.45, 7) is 2.82. The summed E-state index contributed by atoms with van der Waals surface area (Å²) in [5.74, 6) is 0.744. The summed E-state index contributed by atoms with van der Waals surface area (Å²) in [6, 6.07) is 1.90. The smallest absolute Gasteiger partial charge is 0.272 e. The van der Waals surface area contributed by atoms with Crippen LogP contribution >= 0.6 is 35.7 Å². The van der Waals surface area contributed by atoms with Crippen molar-refractivity contribution < 1.29 is 0 Å². The number of nitrogens with zero attached hydrogens (tertiary/aromatic N) is 2. The highest BCUT2D eigenvalue weighted by atomic mass is 32.2. The summed E-state index contributed by atoms with van der Waals surface area (Å²) in [5.41, 5.74) is 0.908. The van der Waals surface area contributed by atoms with Gasteiger partial charge < -0.3 is 0 Å². The third-order valence-electron chi connectivity index (χ3n) is 2.70. The molecule has 1 atom stereocenters. The van der Waals surface area contributed by atoms with E-state index in [-0.39, 0.29) is 10.3 Å². The lowest BCUT2D eigenvalue weighted by atomic mass is 10.2. The Labute approximate surface area is 106 Å². The van der Waals surface area contributed by atoms with Crippen molar-refractivity contribution in [3.05, 3.63) is 21.8 Å². The van der Waals surface area contributed by atoms with Crippen molar-refractivity contribution in [2.45, 2.75) is 23.4 Å². The van der Waals surface area contributed by atoms with Gasteiger partial charge in [0.2, 0.25) is 0 Å². The number of hydrogen-bond acceptors (Lipinski definition) is 5. The van der Waals surface area contributed by atoms with Crippen molar-refractivity contribution in [1.29, 1.82) is 0 Å². The monoisotopic (exact) mass is 270 g/mol. The van der Waals surface area contributed by atoms with Crippen LogP contribution in [0.3, 0.4) is 0 Å². The molecule has 0 unspecified atom stereocenters. The molecule has 0 bridgehead atoms. The van der Waals surface area contributed by atoms with Gasteiger partial charge in [-0.2, -0.15) is 12.6 Å². The van der Waals surface area contributed by atoms with Crippen molar-refractivity contribution >= 4 is 45.9 Å². The van der Waals surface area contributed by atoms with Crippen LogP contribution in [0.5, 0.6) is 0 Å². The standard InChI is InChI=1S/C10H10N2OS3/c1-10(5-14)4-12-8(13)7-6(2-3-15-7)11-9(12)16-10/h2-3,14H,4-5H2,1H3/t10-/m1/s1. The summed E-state index contributed by atoms with van der Waals surface area (Å²) in [5, 5.41) is 2.74. The van der Waals surface area contributed by atoms with Crippen LogP contribution in [0.25, 0.3) is 10.2 Å². The second kappa shape index (κ2) is 3.51. The normalized spacial score (nSPS) is 23.9. The number of thiol groups is 1. The van der Waals surface area contributed by atoms with Gasteiger partial charge >= 0.3 is 0 Å². The van der Waals surface area contributed by atoms with Crippen LogP contribution in [0, 0.1) is 0 Å². The molecule has 3 heterocycles. The van der Waals surface area contributed by atoms with Crippen LogP contribution in [0.2, 0.25) is 0 Å². The van der Waals surface area contributed by atoms with Crippen LogP contribution in [0.15, 0.2) is 21.4 Å². The van der Waals surface area contributed by atoms with E-state index in [4.69, 9.17) is 0 Å². The maximum absolute atomic E-state index is 12.2. The zero-order chi connectivity index (χ0) is 11.3. The lowest BCUT2D eigenvalue weighted by Crippen LogP contribution is -2.28. The topological polar surface area (TPSA) is 34.9 Å². The largest absolute Gasteiger partial charge is 0.285 e. The molecule has 1 aliphatic rings. The van der Waals surface area contributed by atoms with Gasteiger partial charge in [-0.3, -0.25) is 9.36 Å². The molecule has 2 aromatic heterocycles. The van der Waals surface area contributed by atoms with Gasteiger partial charge in [0, 0.05) is 17.0 Å². The van der Waals surface area contributed by atoms with E-state index in [2.05, 4.69) is 24.5 Å². The first-order valence-electron chi connectivity index (χ1n) is 4.91. The van der Waals surface area contributed by atoms with Crippen LogP contribution in [-0.2, 0) is 6.54 Å². The second-order valence-electron chi connectivity index (χ2n) is 4.13. The molecule has 0 amide bonds. The molecular weight excluding hydrogens is 260 g/mol. The average Bonchev–Trinajstić information content (AvgIpc) is 2.83. The van der Waals surface area contributed by atoms with Gasteiger partial charge in [-0.25, -0.2) is 4.98 Å². The number of rotatable bonds is 1. The minimum atomic E-state index is -0.00819. The zero-order valence-electron chi connectivity index (χ0n) is 8.64. The SMILES string of the molecule is C[C@]1(CS)Cn2c(nc3ccsc3c2=O)S1. The van der Waals surface area contributed by atoms with Crippen molar-refractivity contribution in [1.82, 2.24) is 9.55 Å². The van der Waals surface area contributed by atoms with E-state index in [0.717, 1.165) is 21.1 Å². The molecule has 0 saturated carbocycles. The third kappa shape index (κ3) is 1.43. The minimum Gasteiger partial charge on any atom is -0.285 e. The Morgan fingerprint density at radius 3 is 3.25 bits per heavy atom. The maximum atomic E-state index is 12.2. The van der Waals surface area contributed by atoms with E-state index < -0.39 is 0 Å². The molecule has 6 heteroatoms. The number of fused-ring (bicyclic) bond motifs is 2. The van der Waals surface area contributed by atoms with Gasteiger partial charge in [-0.1, -0.05) is 11.8 Å². The van der Waals surface area contributed by atoms with Crippen LogP contribution < -0.4 is 5.56 Å². The van der Waals surface area contributed by atoms with E-state index in [0.29, 0.717) is 6.54 Å². The number of thioether (sulfide) groups is 1. The third-order valence-corrected chi connectivity index (χ3v) is 5.76. The van der Waals surface area contributed by atoms with Gasteiger partial charge in [0.15, 0.2) is 5.16 Å². The van der Waals surface area contributed by atoms with Crippen molar-refractivity contribution in [2.75, 3.05) is 5.75 Å². The Bertz CT molecular complexity index is 618. The number of hydrogen-bond donors (Lipinski definition) is 1. The van der Waals surface area contributed by atoms with Gasteiger partial charge in [0.05, 0.1) is 5.52 Å². The quantitative estimate of drug-likeness (QED) is 0.637. The molecule has 3 nitrogen and oxygen atoms in total. The molecule has 0 radical (unpaired) electrons. The van der Waals surface area contributed by atoms with Crippen molar-refractivity contribution in [3.63, 3.8) is 0 Å². The van der Waals surface area contributed by atoms with Gasteiger partial charge in [-0.05, 0) is 18.4 Å². The molecule has 3 rings (SSSR count). The fourth-order valence-corrected chi connectivity index (χ4v) is 3.98. The summed E-state index contributed by atoms with van der Waals surface area (Å²) in [6.07, 6.45) is 0. The Morgan fingerprint density at radius 2 is 2.50 bits per heavy atom. The van der Waals surface area contributed by atoms with Gasteiger partial charge in [0.1, 0.15) is 4.70 Å². The molecule has 2 aromatic rings. The summed E-state index contributed by atoms with van der Waals surface area (Å²) in [4.78, 5) is 16.7. The van der Waals surface area contributed by atoms with E-state index >= 15 is 0 Å². The average molecular weight is 270 g/mol. The fourth-order valence-electron chi connectivity index (χ4n) is 1.81. The summed E-state index contributed by atoms with van der Waals surface area (Å²) >= 11 is 7.46. The predicted molar refractivity (Wildman–Crippen MR) is 72.0 cm³/mol. The highest BCUT2D eigenvalue weighted by Gasteiger charge is 2.35. The number of thiophene rings is 1. The Hall–Kier alpha value is -0.460. The first-order valence-corrected chi connectivity index (χ1v) is 7.24. The summed E-state index contributed by atoms with van der Waals surface area (Å²) in [7, 11) is 0. The molecule has 0 aliphatic carbocycles. The first kappa shape index (κ1) is 10.7. The van der Waals surface area contributed by atoms with Crippen LogP contribution in [0.1, 0.15) is 6.92 Å². The fraction of sp³-hybridized carbons (Fsp3) is 0.400. The minimum absolute atomic E-state index is 0.00819. The Balaban J connectivity index is 2.26. The number of aromatic nitrogens is 2. The Kier molecular flexibility index (Phi) is 2.35. The lowest BCUT2D eigenvalue weighted by molar-refractivity contribution is 0.554. The molecule has 0 fully saturated rings. The molecule has 0 saturated heterocycles. The molecule has 84 valence electrons. The molecular formula is C10H10N2OS3. The first-order chi connectivity index (χ1) is 7.63. The highest BCUT2D eigenvalue weighted by Crippen LogP contribution is 2.40. The molecule has 0 N–H and O–H groups in total. The molecule has 16 heavy (non-hydrogen) atoms. The molecule has 0 aromatic carbocycles. The zero-order valence-corrected chi connectivity index (χ0v) is 11.2. The van der Waals surface area contributed by atoms with Crippen LogP contribution in [-0.4, -0.2) is 20.1 Å². The summed E-state index contributed by atoms with van der Waals surface area (Å²) < 4.78 is 2.53. The molecule has 1 aliphatic heterocycles. The van der Waals surface area contributed by atoms with Crippen molar-refractivity contribution in [3.8, 4) is 0 Å². The van der Waals surface area contributed by atoms with E-state index in [9.17, 15) is 4.79 Å². The van der Waals surface area contributed by atoms with E-state index in [1.54, 1.807) is 16.3 Å². The van der Waals surface area contributed by atoms with Gasteiger partial charge in [-0.15, -0.1) is 11.3 Å². The van der Waals surface area contributed by atoms with E-state index in [1.165, 1.54) is 11.3 Å². The van der Waals surface area contributed by atoms with Gasteiger partial charge in [0.25, 0.3) is 5.56 Å². The van der Waals surface area contributed by atoms with Crippen molar-refractivity contribution in [2.24, 2.45) is 0 Å². The predicted octanol–water partition coefficient (Wildman–Crippen LogP) is 2.25. The maximum Gasteiger partial charge on any atom is 0.272 e. The lowest BCUT2D eigenvalue weighted by Gasteiger charge is -2.17. The molecule has 0 spiro atoms. The second-order valence-corrected chi connectivity index (χ2v) is 6.92. The van der Waals surface area contributed by atoms with Crippen LogP contribution in [0.4, 0.5) is 0 Å².